The van der Waals surface area contributed by atoms with E-state index in [4.69, 9.17) is 14.2 Å². The van der Waals surface area contributed by atoms with Gasteiger partial charge in [-0.1, -0.05) is 17.4 Å². The van der Waals surface area contributed by atoms with Crippen LogP contribution in [0.2, 0.25) is 0 Å². The number of carbonyl (C=O) groups is 1. The van der Waals surface area contributed by atoms with E-state index in [1.165, 1.54) is 11.3 Å². The minimum absolute atomic E-state index is 0.104. The Balaban J connectivity index is 1.33. The van der Waals surface area contributed by atoms with Crippen molar-refractivity contribution < 1.29 is 19.0 Å². The first-order valence-corrected chi connectivity index (χ1v) is 9.69. The van der Waals surface area contributed by atoms with Crippen LogP contribution in [0.25, 0.3) is 10.6 Å². The maximum atomic E-state index is 12.3. The van der Waals surface area contributed by atoms with E-state index in [0.29, 0.717) is 31.2 Å². The van der Waals surface area contributed by atoms with Crippen molar-refractivity contribution >= 4 is 22.4 Å². The van der Waals surface area contributed by atoms with Gasteiger partial charge < -0.3 is 19.5 Å². The van der Waals surface area contributed by atoms with E-state index in [-0.39, 0.29) is 5.91 Å². The number of ether oxygens (including phenoxy) is 3. The van der Waals surface area contributed by atoms with Gasteiger partial charge in [-0.25, -0.2) is 0 Å². The van der Waals surface area contributed by atoms with Crippen molar-refractivity contribution in [3.8, 4) is 27.8 Å². The molecular formula is C20H19N3O4S. The number of aryl methyl sites for hydroxylation is 1. The fraction of sp³-hybridized carbons (Fsp3) is 0.250. The van der Waals surface area contributed by atoms with E-state index in [1.807, 2.05) is 42.5 Å². The molecule has 8 heteroatoms. The van der Waals surface area contributed by atoms with Crippen LogP contribution in [-0.2, 0) is 11.2 Å². The molecule has 0 spiro atoms. The molecule has 4 rings (SSSR count). The fourth-order valence-corrected chi connectivity index (χ4v) is 3.57. The van der Waals surface area contributed by atoms with E-state index in [1.54, 1.807) is 7.11 Å². The number of benzene rings is 2. The Labute approximate surface area is 166 Å². The summed E-state index contributed by atoms with van der Waals surface area (Å²) in [5.41, 5.74) is 1.95. The van der Waals surface area contributed by atoms with Crippen LogP contribution in [0.3, 0.4) is 0 Å². The van der Waals surface area contributed by atoms with Gasteiger partial charge in [0.25, 0.3) is 0 Å². The van der Waals surface area contributed by atoms with E-state index in [9.17, 15) is 4.79 Å². The second-order valence-corrected chi connectivity index (χ2v) is 7.14. The van der Waals surface area contributed by atoms with E-state index in [2.05, 4.69) is 15.5 Å². The molecule has 1 N–H and O–H groups in total. The molecule has 0 bridgehead atoms. The van der Waals surface area contributed by atoms with Crippen LogP contribution in [0.15, 0.2) is 42.5 Å². The SMILES string of the molecule is COc1ccc(-c2nnc(NC(=O)CCc3ccc4c(c3)OCCO4)s2)cc1. The Morgan fingerprint density at radius 1 is 1.11 bits per heavy atom. The minimum atomic E-state index is -0.104. The average molecular weight is 397 g/mol. The summed E-state index contributed by atoms with van der Waals surface area (Å²) < 4.78 is 16.2. The number of amides is 1. The zero-order chi connectivity index (χ0) is 19.3. The number of aromatic nitrogens is 2. The van der Waals surface area contributed by atoms with Crippen molar-refractivity contribution in [1.82, 2.24) is 10.2 Å². The van der Waals surface area contributed by atoms with Gasteiger partial charge in [0.05, 0.1) is 7.11 Å². The molecule has 0 fully saturated rings. The van der Waals surface area contributed by atoms with Gasteiger partial charge in [0.15, 0.2) is 11.5 Å². The molecular weight excluding hydrogens is 378 g/mol. The highest BCUT2D eigenvalue weighted by Gasteiger charge is 2.13. The van der Waals surface area contributed by atoms with Crippen LogP contribution in [-0.4, -0.2) is 36.4 Å². The molecule has 0 radical (unpaired) electrons. The van der Waals surface area contributed by atoms with Crippen molar-refractivity contribution in [2.45, 2.75) is 12.8 Å². The van der Waals surface area contributed by atoms with Gasteiger partial charge in [-0.3, -0.25) is 4.79 Å². The van der Waals surface area contributed by atoms with Gasteiger partial charge in [-0.15, -0.1) is 10.2 Å². The Morgan fingerprint density at radius 3 is 2.68 bits per heavy atom. The first kappa shape index (κ1) is 18.2. The molecule has 0 aliphatic carbocycles. The summed E-state index contributed by atoms with van der Waals surface area (Å²) >= 11 is 1.34. The minimum Gasteiger partial charge on any atom is -0.497 e. The third-order valence-electron chi connectivity index (χ3n) is 4.26. The number of fused-ring (bicyclic) bond motifs is 1. The van der Waals surface area contributed by atoms with Crippen LogP contribution in [0.1, 0.15) is 12.0 Å². The molecule has 0 saturated heterocycles. The van der Waals surface area contributed by atoms with Crippen LogP contribution in [0, 0.1) is 0 Å². The van der Waals surface area contributed by atoms with E-state index < -0.39 is 0 Å². The molecule has 1 aliphatic heterocycles. The van der Waals surface area contributed by atoms with Gasteiger partial charge in [0, 0.05) is 12.0 Å². The largest absolute Gasteiger partial charge is 0.497 e. The van der Waals surface area contributed by atoms with Crippen LogP contribution in [0.4, 0.5) is 5.13 Å². The lowest BCUT2D eigenvalue weighted by Gasteiger charge is -2.18. The summed E-state index contributed by atoms with van der Waals surface area (Å²) in [5, 5.41) is 12.2. The quantitative estimate of drug-likeness (QED) is 0.685. The molecule has 0 saturated carbocycles. The second kappa shape index (κ2) is 8.26. The molecule has 28 heavy (non-hydrogen) atoms. The van der Waals surface area contributed by atoms with Crippen molar-refractivity contribution in [1.29, 1.82) is 0 Å². The lowest BCUT2D eigenvalue weighted by Crippen LogP contribution is -2.15. The molecule has 2 heterocycles. The third-order valence-corrected chi connectivity index (χ3v) is 5.14. The maximum Gasteiger partial charge on any atom is 0.226 e. The fourth-order valence-electron chi connectivity index (χ4n) is 2.81. The molecule has 2 aromatic carbocycles. The lowest BCUT2D eigenvalue weighted by molar-refractivity contribution is -0.116. The number of methoxy groups -OCH3 is 1. The highest BCUT2D eigenvalue weighted by molar-refractivity contribution is 7.18. The standard InChI is InChI=1S/C20H19N3O4S/c1-25-15-6-4-14(5-7-15)19-22-23-20(28-19)21-18(24)9-3-13-2-8-16-17(12-13)27-11-10-26-16/h2,4-8,12H,3,9-11H2,1H3,(H,21,23,24). The second-order valence-electron chi connectivity index (χ2n) is 6.17. The van der Waals surface area contributed by atoms with Gasteiger partial charge in [-0.05, 0) is 48.4 Å². The topological polar surface area (TPSA) is 82.6 Å². The van der Waals surface area contributed by atoms with Crippen LogP contribution < -0.4 is 19.5 Å². The number of rotatable bonds is 6. The Kier molecular flexibility index (Phi) is 5.38. The Morgan fingerprint density at radius 2 is 1.89 bits per heavy atom. The molecule has 1 aliphatic rings. The van der Waals surface area contributed by atoms with Gasteiger partial charge in [-0.2, -0.15) is 0 Å². The molecule has 1 amide bonds. The zero-order valence-corrected chi connectivity index (χ0v) is 16.1. The van der Waals surface area contributed by atoms with Gasteiger partial charge in [0.2, 0.25) is 11.0 Å². The highest BCUT2D eigenvalue weighted by atomic mass is 32.1. The zero-order valence-electron chi connectivity index (χ0n) is 15.3. The van der Waals surface area contributed by atoms with Crippen molar-refractivity contribution in [2.75, 3.05) is 25.6 Å². The number of nitrogens with zero attached hydrogens (tertiary/aromatic N) is 2. The Bertz CT molecular complexity index is 972. The van der Waals surface area contributed by atoms with E-state index in [0.717, 1.165) is 33.4 Å². The predicted molar refractivity (Wildman–Crippen MR) is 106 cm³/mol. The molecule has 1 aromatic heterocycles. The van der Waals surface area contributed by atoms with Gasteiger partial charge in [0.1, 0.15) is 24.0 Å². The highest BCUT2D eigenvalue weighted by Crippen LogP contribution is 2.31. The molecule has 3 aromatic rings. The molecule has 0 unspecified atom stereocenters. The maximum absolute atomic E-state index is 12.3. The Hall–Kier alpha value is -3.13. The molecule has 144 valence electrons. The lowest BCUT2D eigenvalue weighted by atomic mass is 10.1. The monoisotopic (exact) mass is 397 g/mol. The number of hydrogen-bond acceptors (Lipinski definition) is 7. The summed E-state index contributed by atoms with van der Waals surface area (Å²) in [5.74, 6) is 2.16. The average Bonchev–Trinajstić information content (AvgIpc) is 3.20. The summed E-state index contributed by atoms with van der Waals surface area (Å²) in [6.07, 6.45) is 0.948. The number of nitrogens with one attached hydrogen (secondary N) is 1. The number of carbonyl (C=O) groups excluding carboxylic acids is 1. The molecule has 7 nitrogen and oxygen atoms in total. The van der Waals surface area contributed by atoms with E-state index >= 15 is 0 Å². The van der Waals surface area contributed by atoms with Gasteiger partial charge >= 0.3 is 0 Å². The van der Waals surface area contributed by atoms with Crippen LogP contribution >= 0.6 is 11.3 Å². The summed E-state index contributed by atoms with van der Waals surface area (Å²) in [7, 11) is 1.62. The predicted octanol–water partition coefficient (Wildman–Crippen LogP) is 3.56. The first-order valence-electron chi connectivity index (χ1n) is 8.87. The van der Waals surface area contributed by atoms with Crippen LogP contribution in [0.5, 0.6) is 17.2 Å². The number of anilines is 1. The van der Waals surface area contributed by atoms with Crippen molar-refractivity contribution in [2.24, 2.45) is 0 Å². The first-order chi connectivity index (χ1) is 13.7. The van der Waals surface area contributed by atoms with Crippen molar-refractivity contribution in [3.63, 3.8) is 0 Å². The number of hydrogen-bond donors (Lipinski definition) is 1. The summed E-state index contributed by atoms with van der Waals surface area (Å²) in [4.78, 5) is 12.3. The normalized spacial score (nSPS) is 12.5. The summed E-state index contributed by atoms with van der Waals surface area (Å²) in [6, 6.07) is 13.3. The summed E-state index contributed by atoms with van der Waals surface area (Å²) in [6.45, 7) is 1.11. The molecule has 0 atom stereocenters. The smallest absolute Gasteiger partial charge is 0.226 e. The third kappa shape index (κ3) is 4.23. The van der Waals surface area contributed by atoms with Crippen molar-refractivity contribution in [3.05, 3.63) is 48.0 Å².